The van der Waals surface area contributed by atoms with Crippen LogP contribution in [0.4, 0.5) is 11.4 Å². The van der Waals surface area contributed by atoms with E-state index >= 15 is 0 Å². The van der Waals surface area contributed by atoms with Crippen LogP contribution in [-0.4, -0.2) is 6.54 Å². The van der Waals surface area contributed by atoms with Crippen LogP contribution in [0.1, 0.15) is 23.1 Å². The number of rotatable bonds is 3. The average Bonchev–Trinajstić information content (AvgIpc) is 2.46. The van der Waals surface area contributed by atoms with Crippen molar-refractivity contribution in [1.29, 1.82) is 0 Å². The Kier molecular flexibility index (Phi) is 3.41. The summed E-state index contributed by atoms with van der Waals surface area (Å²) in [5.41, 5.74) is 6.67. The van der Waals surface area contributed by atoms with Crippen LogP contribution in [0.15, 0.2) is 42.5 Å². The van der Waals surface area contributed by atoms with Crippen molar-refractivity contribution in [3.05, 3.63) is 59.2 Å². The molecule has 1 aliphatic heterocycles. The van der Waals surface area contributed by atoms with Crippen LogP contribution in [0.2, 0.25) is 0 Å². The molecule has 0 spiro atoms. The fourth-order valence-electron chi connectivity index (χ4n) is 2.69. The number of fused-ring (bicyclic) bond motifs is 1. The molecule has 2 N–H and O–H groups in total. The molecule has 0 atom stereocenters. The van der Waals surface area contributed by atoms with E-state index in [2.05, 4.69) is 60.0 Å². The average molecular weight is 252 g/mol. The molecule has 0 fully saturated rings. The first kappa shape index (κ1) is 12.1. The van der Waals surface area contributed by atoms with Crippen molar-refractivity contribution < 1.29 is 0 Å². The van der Waals surface area contributed by atoms with Gasteiger partial charge in [-0.25, -0.2) is 0 Å². The van der Waals surface area contributed by atoms with Crippen molar-refractivity contribution in [1.82, 2.24) is 0 Å². The summed E-state index contributed by atoms with van der Waals surface area (Å²) in [6.07, 6.45) is 2.43. The van der Waals surface area contributed by atoms with Gasteiger partial charge in [0.25, 0.3) is 0 Å². The SMILES string of the molecule is Cc1ccccc1NCc1cccc2c1NCCC2. The Morgan fingerprint density at radius 1 is 1.11 bits per heavy atom. The second-order valence-corrected chi connectivity index (χ2v) is 5.15. The molecule has 2 heteroatoms. The quantitative estimate of drug-likeness (QED) is 0.864. The van der Waals surface area contributed by atoms with Crippen LogP contribution in [-0.2, 0) is 13.0 Å². The van der Waals surface area contributed by atoms with Crippen molar-refractivity contribution in [2.24, 2.45) is 0 Å². The normalized spacial score (nSPS) is 13.5. The molecule has 1 heterocycles. The van der Waals surface area contributed by atoms with E-state index in [9.17, 15) is 0 Å². The topological polar surface area (TPSA) is 24.1 Å². The first-order valence-corrected chi connectivity index (χ1v) is 6.99. The number of aryl methyl sites for hydroxylation is 2. The first-order chi connectivity index (χ1) is 9.34. The fourth-order valence-corrected chi connectivity index (χ4v) is 2.69. The molecule has 0 bridgehead atoms. The molecule has 0 saturated carbocycles. The van der Waals surface area contributed by atoms with E-state index in [0.717, 1.165) is 13.1 Å². The van der Waals surface area contributed by atoms with E-state index in [-0.39, 0.29) is 0 Å². The summed E-state index contributed by atoms with van der Waals surface area (Å²) in [4.78, 5) is 0. The number of anilines is 2. The van der Waals surface area contributed by atoms with Crippen molar-refractivity contribution in [3.63, 3.8) is 0 Å². The Morgan fingerprint density at radius 2 is 2.00 bits per heavy atom. The van der Waals surface area contributed by atoms with Crippen LogP contribution in [0, 0.1) is 6.92 Å². The molecule has 0 aliphatic carbocycles. The number of nitrogens with one attached hydrogen (secondary N) is 2. The highest BCUT2D eigenvalue weighted by Gasteiger charge is 2.11. The smallest absolute Gasteiger partial charge is 0.0423 e. The minimum Gasteiger partial charge on any atom is -0.385 e. The van der Waals surface area contributed by atoms with Crippen molar-refractivity contribution in [2.45, 2.75) is 26.3 Å². The van der Waals surface area contributed by atoms with Crippen molar-refractivity contribution >= 4 is 11.4 Å². The summed E-state index contributed by atoms with van der Waals surface area (Å²) in [5, 5.41) is 7.08. The minimum atomic E-state index is 0.876. The predicted molar refractivity (Wildman–Crippen MR) is 81.8 cm³/mol. The molecule has 0 amide bonds. The van der Waals surface area contributed by atoms with Gasteiger partial charge in [0.05, 0.1) is 0 Å². The van der Waals surface area contributed by atoms with Crippen LogP contribution in [0.25, 0.3) is 0 Å². The Morgan fingerprint density at radius 3 is 2.89 bits per heavy atom. The lowest BCUT2D eigenvalue weighted by Gasteiger charge is -2.21. The number of para-hydroxylation sites is 2. The Bertz CT molecular complexity index is 575. The van der Waals surface area contributed by atoms with Gasteiger partial charge in [0.15, 0.2) is 0 Å². The molecular formula is C17H20N2. The summed E-state index contributed by atoms with van der Waals surface area (Å²) >= 11 is 0. The molecule has 1 aliphatic rings. The zero-order valence-electron chi connectivity index (χ0n) is 11.4. The molecule has 0 radical (unpaired) electrons. The van der Waals surface area contributed by atoms with Gasteiger partial charge < -0.3 is 10.6 Å². The maximum atomic E-state index is 3.54. The summed E-state index contributed by atoms with van der Waals surface area (Å²) in [6, 6.07) is 15.0. The molecule has 98 valence electrons. The number of benzene rings is 2. The van der Waals surface area contributed by atoms with Gasteiger partial charge in [-0.3, -0.25) is 0 Å². The standard InChI is InChI=1S/C17H20N2/c1-13-6-2-3-10-16(13)19-12-15-8-4-7-14-9-5-11-18-17(14)15/h2-4,6-8,10,18-19H,5,9,11-12H2,1H3. The molecule has 0 saturated heterocycles. The Hall–Kier alpha value is -1.96. The van der Waals surface area contributed by atoms with Gasteiger partial charge in [0, 0.05) is 24.5 Å². The second kappa shape index (κ2) is 5.35. The van der Waals surface area contributed by atoms with Gasteiger partial charge in [-0.15, -0.1) is 0 Å². The highest BCUT2D eigenvalue weighted by molar-refractivity contribution is 5.61. The van der Waals surface area contributed by atoms with Crippen molar-refractivity contribution in [2.75, 3.05) is 17.2 Å². The van der Waals surface area contributed by atoms with Gasteiger partial charge in [-0.2, -0.15) is 0 Å². The minimum absolute atomic E-state index is 0.876. The lowest BCUT2D eigenvalue weighted by Crippen LogP contribution is -2.15. The number of hydrogen-bond donors (Lipinski definition) is 2. The molecular weight excluding hydrogens is 232 g/mol. The molecule has 2 nitrogen and oxygen atoms in total. The van der Waals surface area contributed by atoms with Gasteiger partial charge in [-0.05, 0) is 42.5 Å². The lowest BCUT2D eigenvalue weighted by atomic mass is 9.99. The van der Waals surface area contributed by atoms with E-state index in [1.165, 1.54) is 40.9 Å². The van der Waals surface area contributed by atoms with Crippen LogP contribution >= 0.6 is 0 Å². The van der Waals surface area contributed by atoms with E-state index in [4.69, 9.17) is 0 Å². The van der Waals surface area contributed by atoms with Crippen LogP contribution < -0.4 is 10.6 Å². The zero-order valence-corrected chi connectivity index (χ0v) is 11.4. The maximum absolute atomic E-state index is 3.54. The van der Waals surface area contributed by atoms with E-state index in [1.54, 1.807) is 0 Å². The summed E-state index contributed by atoms with van der Waals surface area (Å²) in [7, 11) is 0. The maximum Gasteiger partial charge on any atom is 0.0423 e. The Balaban J connectivity index is 1.79. The summed E-state index contributed by atoms with van der Waals surface area (Å²) < 4.78 is 0. The molecule has 0 aromatic heterocycles. The molecule has 3 rings (SSSR count). The highest BCUT2D eigenvalue weighted by Crippen LogP contribution is 2.27. The van der Waals surface area contributed by atoms with Crippen LogP contribution in [0.3, 0.4) is 0 Å². The fraction of sp³-hybridized carbons (Fsp3) is 0.294. The highest BCUT2D eigenvalue weighted by atomic mass is 14.9. The summed E-state index contributed by atoms with van der Waals surface area (Å²) in [6.45, 7) is 4.11. The van der Waals surface area contributed by atoms with E-state index in [1.807, 2.05) is 0 Å². The lowest BCUT2D eigenvalue weighted by molar-refractivity contribution is 0.825. The molecule has 2 aromatic rings. The zero-order chi connectivity index (χ0) is 13.1. The summed E-state index contributed by atoms with van der Waals surface area (Å²) in [5.74, 6) is 0. The number of hydrogen-bond acceptors (Lipinski definition) is 2. The molecule has 0 unspecified atom stereocenters. The van der Waals surface area contributed by atoms with E-state index in [0.29, 0.717) is 0 Å². The van der Waals surface area contributed by atoms with Crippen molar-refractivity contribution in [3.8, 4) is 0 Å². The second-order valence-electron chi connectivity index (χ2n) is 5.15. The Labute approximate surface area is 114 Å². The third kappa shape index (κ3) is 2.58. The third-order valence-corrected chi connectivity index (χ3v) is 3.78. The van der Waals surface area contributed by atoms with Gasteiger partial charge >= 0.3 is 0 Å². The van der Waals surface area contributed by atoms with Gasteiger partial charge in [-0.1, -0.05) is 36.4 Å². The van der Waals surface area contributed by atoms with Crippen LogP contribution in [0.5, 0.6) is 0 Å². The predicted octanol–water partition coefficient (Wildman–Crippen LogP) is 3.97. The monoisotopic (exact) mass is 252 g/mol. The van der Waals surface area contributed by atoms with Gasteiger partial charge in [0.1, 0.15) is 0 Å². The molecule has 19 heavy (non-hydrogen) atoms. The van der Waals surface area contributed by atoms with Gasteiger partial charge in [0.2, 0.25) is 0 Å². The third-order valence-electron chi connectivity index (χ3n) is 3.78. The molecule has 2 aromatic carbocycles. The first-order valence-electron chi connectivity index (χ1n) is 6.99. The largest absolute Gasteiger partial charge is 0.385 e. The van der Waals surface area contributed by atoms with E-state index < -0.39 is 0 Å².